The van der Waals surface area contributed by atoms with E-state index in [1.165, 1.54) is 4.88 Å². The van der Waals surface area contributed by atoms with E-state index in [9.17, 15) is 4.79 Å². The molecule has 1 heterocycles. The van der Waals surface area contributed by atoms with E-state index < -0.39 is 5.97 Å². The van der Waals surface area contributed by atoms with Gasteiger partial charge in [0.05, 0.1) is 6.54 Å². The van der Waals surface area contributed by atoms with Crippen molar-refractivity contribution < 1.29 is 9.90 Å². The number of halogens is 1. The number of nitrogens with zero attached hydrogens (tertiary/aromatic N) is 1. The molecule has 0 amide bonds. The second kappa shape index (κ2) is 4.63. The van der Waals surface area contributed by atoms with Crippen molar-refractivity contribution in [1.82, 2.24) is 4.90 Å². The highest BCUT2D eigenvalue weighted by molar-refractivity contribution is 9.10. The third-order valence-corrected chi connectivity index (χ3v) is 4.35. The first-order valence-corrected chi connectivity index (χ1v) is 6.52. The molecule has 1 fully saturated rings. The lowest BCUT2D eigenvalue weighted by atomic mass is 10.4. The third-order valence-electron chi connectivity index (χ3n) is 2.44. The Morgan fingerprint density at radius 2 is 2.40 bits per heavy atom. The summed E-state index contributed by atoms with van der Waals surface area (Å²) in [6, 6.07) is 2.49. The second-order valence-electron chi connectivity index (χ2n) is 3.72. The van der Waals surface area contributed by atoms with Crippen molar-refractivity contribution in [2.24, 2.45) is 0 Å². The van der Waals surface area contributed by atoms with E-state index >= 15 is 0 Å². The average molecular weight is 290 g/mol. The minimum atomic E-state index is -0.741. The molecule has 3 nitrogen and oxygen atoms in total. The first-order valence-electron chi connectivity index (χ1n) is 4.84. The maximum Gasteiger partial charge on any atom is 0.317 e. The topological polar surface area (TPSA) is 40.5 Å². The van der Waals surface area contributed by atoms with Crippen molar-refractivity contribution >= 4 is 33.2 Å². The molecule has 82 valence electrons. The highest BCUT2D eigenvalue weighted by Crippen LogP contribution is 2.31. The van der Waals surface area contributed by atoms with Gasteiger partial charge in [-0.1, -0.05) is 0 Å². The molecule has 0 spiro atoms. The molecule has 1 aromatic rings. The molecular weight excluding hydrogens is 278 g/mol. The van der Waals surface area contributed by atoms with Gasteiger partial charge in [0.2, 0.25) is 0 Å². The van der Waals surface area contributed by atoms with Crippen molar-refractivity contribution in [2.75, 3.05) is 6.54 Å². The number of thiophene rings is 1. The molecule has 1 aromatic heterocycles. The van der Waals surface area contributed by atoms with Gasteiger partial charge in [0.25, 0.3) is 0 Å². The lowest BCUT2D eigenvalue weighted by Crippen LogP contribution is -2.31. The van der Waals surface area contributed by atoms with Crippen LogP contribution in [0.3, 0.4) is 0 Å². The lowest BCUT2D eigenvalue weighted by Gasteiger charge is -2.18. The largest absolute Gasteiger partial charge is 0.480 e. The molecule has 1 saturated carbocycles. The number of aliphatic carboxylic acids is 1. The number of hydrogen-bond acceptors (Lipinski definition) is 3. The van der Waals surface area contributed by atoms with Crippen LogP contribution in [-0.4, -0.2) is 28.6 Å². The minimum absolute atomic E-state index is 0.148. The van der Waals surface area contributed by atoms with Crippen molar-refractivity contribution in [3.63, 3.8) is 0 Å². The summed E-state index contributed by atoms with van der Waals surface area (Å²) >= 11 is 5.14. The number of carboxylic acid groups (broad SMARTS) is 1. The number of rotatable bonds is 5. The van der Waals surface area contributed by atoms with Gasteiger partial charge in [-0.3, -0.25) is 9.69 Å². The van der Waals surface area contributed by atoms with Crippen LogP contribution in [0.5, 0.6) is 0 Å². The number of hydrogen-bond donors (Lipinski definition) is 1. The van der Waals surface area contributed by atoms with Crippen LogP contribution in [0.25, 0.3) is 0 Å². The first-order chi connectivity index (χ1) is 7.16. The van der Waals surface area contributed by atoms with Gasteiger partial charge in [0.1, 0.15) is 0 Å². The molecule has 2 rings (SSSR count). The van der Waals surface area contributed by atoms with Gasteiger partial charge in [-0.05, 0) is 40.2 Å². The Morgan fingerprint density at radius 3 is 2.87 bits per heavy atom. The van der Waals surface area contributed by atoms with E-state index in [1.54, 1.807) is 11.3 Å². The van der Waals surface area contributed by atoms with E-state index in [0.717, 1.165) is 23.9 Å². The fourth-order valence-corrected chi connectivity index (χ4v) is 3.05. The quantitative estimate of drug-likeness (QED) is 0.906. The first kappa shape index (κ1) is 11.1. The van der Waals surface area contributed by atoms with E-state index in [4.69, 9.17) is 5.11 Å². The third kappa shape index (κ3) is 3.03. The molecule has 15 heavy (non-hydrogen) atoms. The smallest absolute Gasteiger partial charge is 0.317 e. The molecule has 0 unspecified atom stereocenters. The Balaban J connectivity index is 2.00. The Kier molecular flexibility index (Phi) is 3.43. The zero-order valence-electron chi connectivity index (χ0n) is 8.15. The van der Waals surface area contributed by atoms with Gasteiger partial charge in [0.15, 0.2) is 0 Å². The molecule has 0 aliphatic heterocycles. The van der Waals surface area contributed by atoms with Gasteiger partial charge in [-0.2, -0.15) is 0 Å². The molecule has 1 aliphatic carbocycles. The fraction of sp³-hybridized carbons (Fsp3) is 0.500. The molecule has 0 radical (unpaired) electrons. The van der Waals surface area contributed by atoms with Crippen LogP contribution in [0, 0.1) is 0 Å². The summed E-state index contributed by atoms with van der Waals surface area (Å²) < 4.78 is 1.09. The van der Waals surface area contributed by atoms with Crippen molar-refractivity contribution in [3.05, 3.63) is 20.8 Å². The minimum Gasteiger partial charge on any atom is -0.480 e. The zero-order chi connectivity index (χ0) is 10.8. The summed E-state index contributed by atoms with van der Waals surface area (Å²) in [6.45, 7) is 0.893. The fourth-order valence-electron chi connectivity index (χ4n) is 1.55. The van der Waals surface area contributed by atoms with Crippen LogP contribution in [0.1, 0.15) is 17.7 Å². The van der Waals surface area contributed by atoms with Gasteiger partial charge in [-0.25, -0.2) is 0 Å². The average Bonchev–Trinajstić information content (AvgIpc) is 2.92. The van der Waals surface area contributed by atoms with Crippen LogP contribution in [-0.2, 0) is 11.3 Å². The predicted octanol–water partition coefficient (Wildman–Crippen LogP) is 2.56. The summed E-state index contributed by atoms with van der Waals surface area (Å²) in [6.07, 6.45) is 2.27. The molecule has 5 heteroatoms. The number of carbonyl (C=O) groups is 1. The van der Waals surface area contributed by atoms with Gasteiger partial charge in [-0.15, -0.1) is 11.3 Å². The maximum absolute atomic E-state index is 10.7. The normalized spacial score (nSPS) is 15.9. The highest BCUT2D eigenvalue weighted by atomic mass is 79.9. The Bertz CT molecular complexity index is 362. The molecule has 0 atom stereocenters. The van der Waals surface area contributed by atoms with Crippen LogP contribution < -0.4 is 0 Å². The summed E-state index contributed by atoms with van der Waals surface area (Å²) in [5, 5.41) is 10.8. The van der Waals surface area contributed by atoms with Gasteiger partial charge in [0, 0.05) is 21.9 Å². The van der Waals surface area contributed by atoms with Crippen molar-refractivity contribution in [3.8, 4) is 0 Å². The van der Waals surface area contributed by atoms with Crippen molar-refractivity contribution in [1.29, 1.82) is 0 Å². The second-order valence-corrected chi connectivity index (χ2v) is 5.58. The Labute approximate surface area is 101 Å². The van der Waals surface area contributed by atoms with Crippen LogP contribution in [0.15, 0.2) is 15.9 Å². The molecule has 0 bridgehead atoms. The summed E-state index contributed by atoms with van der Waals surface area (Å²) in [5.74, 6) is -0.741. The van der Waals surface area contributed by atoms with Gasteiger partial charge >= 0.3 is 5.97 Å². The maximum atomic E-state index is 10.7. The standard InChI is InChI=1S/C10H12BrNO2S/c11-8-3-4-15-9(8)5-12(6-10(13)14)7-1-2-7/h3-4,7H,1-2,5-6H2,(H,13,14). The summed E-state index contributed by atoms with van der Waals surface area (Å²) in [7, 11) is 0. The van der Waals surface area contributed by atoms with E-state index in [0.29, 0.717) is 6.04 Å². The molecule has 1 aliphatic rings. The highest BCUT2D eigenvalue weighted by Gasteiger charge is 2.30. The predicted molar refractivity (Wildman–Crippen MR) is 63.1 cm³/mol. The van der Waals surface area contributed by atoms with E-state index in [-0.39, 0.29) is 6.54 Å². The number of carboxylic acids is 1. The van der Waals surface area contributed by atoms with E-state index in [2.05, 4.69) is 15.9 Å². The molecular formula is C10H12BrNO2S. The van der Waals surface area contributed by atoms with E-state index in [1.807, 2.05) is 16.3 Å². The van der Waals surface area contributed by atoms with Gasteiger partial charge < -0.3 is 5.11 Å². The van der Waals surface area contributed by atoms with Crippen LogP contribution in [0.4, 0.5) is 0 Å². The van der Waals surface area contributed by atoms with Crippen molar-refractivity contribution in [2.45, 2.75) is 25.4 Å². The molecule has 1 N–H and O–H groups in total. The van der Waals surface area contributed by atoms with Crippen LogP contribution in [0.2, 0.25) is 0 Å². The zero-order valence-corrected chi connectivity index (χ0v) is 10.6. The molecule has 0 aromatic carbocycles. The molecule has 0 saturated heterocycles. The summed E-state index contributed by atoms with van der Waals surface area (Å²) in [4.78, 5) is 14.0. The lowest BCUT2D eigenvalue weighted by molar-refractivity contribution is -0.138. The van der Waals surface area contributed by atoms with Crippen LogP contribution >= 0.6 is 27.3 Å². The Hall–Kier alpha value is -0.390. The SMILES string of the molecule is O=C(O)CN(Cc1sccc1Br)C1CC1. The Morgan fingerprint density at radius 1 is 1.67 bits per heavy atom. The summed E-state index contributed by atoms with van der Waals surface area (Å²) in [5.41, 5.74) is 0. The monoisotopic (exact) mass is 289 g/mol.